The summed E-state index contributed by atoms with van der Waals surface area (Å²) in [4.78, 5) is 11.8. The van der Waals surface area contributed by atoms with Gasteiger partial charge in [0, 0.05) is 22.8 Å². The molecule has 0 aromatic heterocycles. The van der Waals surface area contributed by atoms with Crippen LogP contribution in [0.25, 0.3) is 0 Å². The third-order valence-corrected chi connectivity index (χ3v) is 3.64. The minimum absolute atomic E-state index is 0.0498. The zero-order chi connectivity index (χ0) is 13.1. The molecule has 0 saturated carbocycles. The van der Waals surface area contributed by atoms with Crippen LogP contribution in [0.3, 0.4) is 0 Å². The normalized spacial score (nSPS) is 11.2. The molecule has 6 heteroatoms. The summed E-state index contributed by atoms with van der Waals surface area (Å²) in [5, 5.41) is 2.58. The highest BCUT2D eigenvalue weighted by Crippen LogP contribution is 2.15. The maximum absolute atomic E-state index is 11.8. The Morgan fingerprint density at radius 2 is 2.06 bits per heavy atom. The van der Waals surface area contributed by atoms with Gasteiger partial charge in [0.25, 0.3) is 5.91 Å². The van der Waals surface area contributed by atoms with E-state index in [1.165, 1.54) is 0 Å². The van der Waals surface area contributed by atoms with E-state index in [0.717, 1.165) is 16.3 Å². The molecule has 1 amide bonds. The molecule has 94 valence electrons. The number of benzene rings is 1. The molecule has 0 aliphatic carbocycles. The first-order chi connectivity index (χ1) is 7.79. The van der Waals surface area contributed by atoms with Crippen molar-refractivity contribution in [3.05, 3.63) is 33.8 Å². The van der Waals surface area contributed by atoms with E-state index in [9.17, 15) is 13.2 Å². The van der Waals surface area contributed by atoms with Gasteiger partial charge < -0.3 is 5.32 Å². The van der Waals surface area contributed by atoms with Crippen molar-refractivity contribution in [3.8, 4) is 0 Å². The Bertz CT molecular complexity index is 526. The standard InChI is InChI=1S/C11H14BrNO3S/c1-8-3-4-9(12)7-10(8)11(14)13-5-6-17(2,15)16/h3-4,7H,5-6H2,1-2H3,(H,13,14). The van der Waals surface area contributed by atoms with Gasteiger partial charge in [-0.3, -0.25) is 4.79 Å². The highest BCUT2D eigenvalue weighted by Gasteiger charge is 2.10. The molecule has 1 aromatic carbocycles. The number of sulfone groups is 1. The van der Waals surface area contributed by atoms with E-state index in [0.29, 0.717) is 5.56 Å². The number of hydrogen-bond donors (Lipinski definition) is 1. The fourth-order valence-electron chi connectivity index (χ4n) is 1.28. The van der Waals surface area contributed by atoms with Gasteiger partial charge in [-0.1, -0.05) is 22.0 Å². The molecule has 0 aliphatic rings. The summed E-state index contributed by atoms with van der Waals surface area (Å²) in [5.41, 5.74) is 1.40. The zero-order valence-electron chi connectivity index (χ0n) is 9.66. The molecule has 1 rings (SSSR count). The van der Waals surface area contributed by atoms with E-state index in [-0.39, 0.29) is 18.2 Å². The second kappa shape index (κ2) is 5.64. The number of carbonyl (C=O) groups is 1. The van der Waals surface area contributed by atoms with Gasteiger partial charge in [-0.05, 0) is 24.6 Å². The predicted octanol–water partition coefficient (Wildman–Crippen LogP) is 1.53. The second-order valence-corrected chi connectivity index (χ2v) is 7.02. The maximum atomic E-state index is 11.8. The van der Waals surface area contributed by atoms with E-state index in [4.69, 9.17) is 0 Å². The molecule has 0 unspecified atom stereocenters. The topological polar surface area (TPSA) is 63.2 Å². The quantitative estimate of drug-likeness (QED) is 0.915. The summed E-state index contributed by atoms with van der Waals surface area (Å²) in [6, 6.07) is 5.39. The molecule has 0 heterocycles. The summed E-state index contributed by atoms with van der Waals surface area (Å²) in [6.45, 7) is 1.96. The minimum Gasteiger partial charge on any atom is -0.351 e. The summed E-state index contributed by atoms with van der Waals surface area (Å²) in [7, 11) is -3.04. The van der Waals surface area contributed by atoms with Crippen molar-refractivity contribution in [1.29, 1.82) is 0 Å². The molecule has 1 N–H and O–H groups in total. The van der Waals surface area contributed by atoms with E-state index >= 15 is 0 Å². The Labute approximate surface area is 109 Å². The van der Waals surface area contributed by atoms with Gasteiger partial charge in [-0.2, -0.15) is 0 Å². The van der Waals surface area contributed by atoms with Crippen LogP contribution in [0.2, 0.25) is 0 Å². The van der Waals surface area contributed by atoms with Crippen LogP contribution in [0.4, 0.5) is 0 Å². The molecule has 0 spiro atoms. The molecular formula is C11H14BrNO3S. The van der Waals surface area contributed by atoms with Gasteiger partial charge in [0.05, 0.1) is 5.75 Å². The van der Waals surface area contributed by atoms with Gasteiger partial charge in [0.15, 0.2) is 0 Å². The largest absolute Gasteiger partial charge is 0.351 e. The van der Waals surface area contributed by atoms with Crippen LogP contribution < -0.4 is 5.32 Å². The van der Waals surface area contributed by atoms with E-state index in [2.05, 4.69) is 21.2 Å². The Morgan fingerprint density at radius 3 is 2.65 bits per heavy atom. The highest BCUT2D eigenvalue weighted by atomic mass is 79.9. The highest BCUT2D eigenvalue weighted by molar-refractivity contribution is 9.10. The average molecular weight is 320 g/mol. The molecule has 0 saturated heterocycles. The molecule has 4 nitrogen and oxygen atoms in total. The molecule has 0 bridgehead atoms. The lowest BCUT2D eigenvalue weighted by Gasteiger charge is -2.07. The van der Waals surface area contributed by atoms with Crippen molar-refractivity contribution in [1.82, 2.24) is 5.32 Å². The summed E-state index contributed by atoms with van der Waals surface area (Å²) in [6.07, 6.45) is 1.14. The average Bonchev–Trinajstić information content (AvgIpc) is 2.19. The van der Waals surface area contributed by atoms with E-state index in [1.807, 2.05) is 19.1 Å². The monoisotopic (exact) mass is 319 g/mol. The number of nitrogens with one attached hydrogen (secondary N) is 1. The third kappa shape index (κ3) is 4.87. The van der Waals surface area contributed by atoms with Gasteiger partial charge in [0.2, 0.25) is 0 Å². The Kier molecular flexibility index (Phi) is 4.70. The summed E-state index contributed by atoms with van der Waals surface area (Å²) < 4.78 is 22.6. The lowest BCUT2D eigenvalue weighted by Crippen LogP contribution is -2.29. The van der Waals surface area contributed by atoms with Crippen LogP contribution >= 0.6 is 15.9 Å². The van der Waals surface area contributed by atoms with Crippen molar-refractivity contribution in [2.75, 3.05) is 18.6 Å². The molecule has 0 atom stereocenters. The molecule has 1 aromatic rings. The van der Waals surface area contributed by atoms with Crippen molar-refractivity contribution in [2.24, 2.45) is 0 Å². The number of carbonyl (C=O) groups excluding carboxylic acids is 1. The molecular weight excluding hydrogens is 306 g/mol. The fourth-order valence-corrected chi connectivity index (χ4v) is 2.12. The number of aryl methyl sites for hydroxylation is 1. The number of rotatable bonds is 4. The van der Waals surface area contributed by atoms with Crippen LogP contribution in [0, 0.1) is 6.92 Å². The maximum Gasteiger partial charge on any atom is 0.251 e. The van der Waals surface area contributed by atoms with Crippen LogP contribution in [0.1, 0.15) is 15.9 Å². The van der Waals surface area contributed by atoms with Gasteiger partial charge in [-0.25, -0.2) is 8.42 Å². The van der Waals surface area contributed by atoms with Gasteiger partial charge >= 0.3 is 0 Å². The van der Waals surface area contributed by atoms with Crippen LogP contribution in [-0.2, 0) is 9.84 Å². The number of halogens is 1. The Hall–Kier alpha value is -0.880. The van der Waals surface area contributed by atoms with Crippen LogP contribution in [0.15, 0.2) is 22.7 Å². The van der Waals surface area contributed by atoms with Crippen LogP contribution in [0.5, 0.6) is 0 Å². The lowest BCUT2D eigenvalue weighted by atomic mass is 10.1. The number of hydrogen-bond acceptors (Lipinski definition) is 3. The molecule has 0 radical (unpaired) electrons. The minimum atomic E-state index is -3.04. The molecule has 17 heavy (non-hydrogen) atoms. The SMILES string of the molecule is Cc1ccc(Br)cc1C(=O)NCCS(C)(=O)=O. The predicted molar refractivity (Wildman–Crippen MR) is 70.9 cm³/mol. The molecule has 0 fully saturated rings. The van der Waals surface area contributed by atoms with Crippen molar-refractivity contribution in [2.45, 2.75) is 6.92 Å². The first-order valence-corrected chi connectivity index (χ1v) is 7.87. The van der Waals surface area contributed by atoms with Gasteiger partial charge in [-0.15, -0.1) is 0 Å². The first-order valence-electron chi connectivity index (χ1n) is 5.01. The smallest absolute Gasteiger partial charge is 0.251 e. The second-order valence-electron chi connectivity index (χ2n) is 3.85. The Balaban J connectivity index is 2.67. The van der Waals surface area contributed by atoms with E-state index in [1.54, 1.807) is 6.07 Å². The zero-order valence-corrected chi connectivity index (χ0v) is 12.1. The van der Waals surface area contributed by atoms with Crippen molar-refractivity contribution < 1.29 is 13.2 Å². The fraction of sp³-hybridized carbons (Fsp3) is 0.364. The van der Waals surface area contributed by atoms with Crippen molar-refractivity contribution >= 4 is 31.7 Å². The third-order valence-electron chi connectivity index (χ3n) is 2.20. The lowest BCUT2D eigenvalue weighted by molar-refractivity contribution is 0.0955. The van der Waals surface area contributed by atoms with E-state index < -0.39 is 9.84 Å². The Morgan fingerprint density at radius 1 is 1.41 bits per heavy atom. The van der Waals surface area contributed by atoms with Gasteiger partial charge in [0.1, 0.15) is 9.84 Å². The van der Waals surface area contributed by atoms with Crippen molar-refractivity contribution in [3.63, 3.8) is 0 Å². The summed E-state index contributed by atoms with van der Waals surface area (Å²) in [5.74, 6) is -0.307. The first kappa shape index (κ1) is 14.2. The molecule has 0 aliphatic heterocycles. The summed E-state index contributed by atoms with van der Waals surface area (Å²) >= 11 is 3.29. The van der Waals surface area contributed by atoms with Crippen LogP contribution in [-0.4, -0.2) is 32.9 Å². The number of amides is 1.